The van der Waals surface area contributed by atoms with Crippen molar-refractivity contribution >= 4 is 17.7 Å². The minimum absolute atomic E-state index is 0.255. The molecule has 1 aliphatic heterocycles. The summed E-state index contributed by atoms with van der Waals surface area (Å²) in [7, 11) is 0. The first-order valence-electron chi connectivity index (χ1n) is 7.01. The molecule has 1 saturated carbocycles. The van der Waals surface area contributed by atoms with E-state index in [4.69, 9.17) is 4.74 Å². The fourth-order valence-corrected chi connectivity index (χ4v) is 3.65. The molecule has 1 atom stereocenters. The maximum Gasteiger partial charge on any atom is 0.340 e. The van der Waals surface area contributed by atoms with Gasteiger partial charge in [0.05, 0.1) is 12.3 Å². The van der Waals surface area contributed by atoms with E-state index in [0.717, 1.165) is 38.1 Å². The van der Waals surface area contributed by atoms with E-state index in [1.807, 2.05) is 0 Å². The molecular weight excluding hydrogens is 276 g/mol. The molecular formula is C14H18N2O3S. The Balaban J connectivity index is 1.90. The van der Waals surface area contributed by atoms with Gasteiger partial charge >= 0.3 is 5.97 Å². The fourth-order valence-electron chi connectivity index (χ4n) is 2.39. The highest BCUT2D eigenvalue weighted by Gasteiger charge is 2.30. The van der Waals surface area contributed by atoms with Crippen molar-refractivity contribution < 1.29 is 14.6 Å². The second kappa shape index (κ2) is 5.69. The van der Waals surface area contributed by atoms with E-state index in [-0.39, 0.29) is 5.56 Å². The highest BCUT2D eigenvalue weighted by Crippen LogP contribution is 2.40. The molecule has 3 rings (SSSR count). The summed E-state index contributed by atoms with van der Waals surface area (Å²) in [5, 5.41) is 10.3. The molecule has 108 valence electrons. The van der Waals surface area contributed by atoms with Gasteiger partial charge in [-0.05, 0) is 32.6 Å². The molecule has 1 aliphatic carbocycles. The number of nitrogens with zero attached hydrogens (tertiary/aromatic N) is 2. The highest BCUT2D eigenvalue weighted by atomic mass is 32.2. The second-order valence-electron chi connectivity index (χ2n) is 5.38. The molecule has 0 radical (unpaired) electrons. The van der Waals surface area contributed by atoms with Gasteiger partial charge in [-0.15, -0.1) is 0 Å². The monoisotopic (exact) mass is 294 g/mol. The number of thioether (sulfide) groups is 1. The van der Waals surface area contributed by atoms with Crippen LogP contribution in [0.2, 0.25) is 0 Å². The summed E-state index contributed by atoms with van der Waals surface area (Å²) in [6, 6.07) is 0. The van der Waals surface area contributed by atoms with Crippen LogP contribution in [0, 0.1) is 6.92 Å². The Kier molecular flexibility index (Phi) is 3.94. The molecule has 2 aliphatic rings. The van der Waals surface area contributed by atoms with Crippen LogP contribution in [0.25, 0.3) is 0 Å². The van der Waals surface area contributed by atoms with Crippen LogP contribution >= 0.6 is 11.8 Å². The van der Waals surface area contributed by atoms with E-state index >= 15 is 0 Å². The zero-order chi connectivity index (χ0) is 14.1. The normalized spacial score (nSPS) is 22.8. The van der Waals surface area contributed by atoms with Gasteiger partial charge in [0, 0.05) is 17.8 Å². The lowest BCUT2D eigenvalue weighted by molar-refractivity contribution is 0.0690. The van der Waals surface area contributed by atoms with Crippen LogP contribution in [-0.2, 0) is 4.74 Å². The molecule has 6 heteroatoms. The molecule has 1 N–H and O–H groups in total. The second-order valence-corrected chi connectivity index (χ2v) is 6.67. The first-order chi connectivity index (χ1) is 9.65. The van der Waals surface area contributed by atoms with Crippen LogP contribution < -0.4 is 0 Å². The van der Waals surface area contributed by atoms with Gasteiger partial charge in [-0.1, -0.05) is 11.8 Å². The molecule has 0 bridgehead atoms. The average molecular weight is 294 g/mol. The zero-order valence-electron chi connectivity index (χ0n) is 11.5. The first-order valence-corrected chi connectivity index (χ1v) is 7.89. The first kappa shape index (κ1) is 13.8. The Hall–Kier alpha value is -1.14. The SMILES string of the molecule is Cc1nc(C2CC2)nc(SC2CCCOC2)c1C(=O)O. The third kappa shape index (κ3) is 2.96. The summed E-state index contributed by atoms with van der Waals surface area (Å²) in [4.78, 5) is 20.4. The summed E-state index contributed by atoms with van der Waals surface area (Å²) in [6.45, 7) is 3.24. The lowest BCUT2D eigenvalue weighted by Crippen LogP contribution is -2.20. The third-order valence-corrected chi connectivity index (χ3v) is 4.85. The van der Waals surface area contributed by atoms with Crippen molar-refractivity contribution in [3.63, 3.8) is 0 Å². The van der Waals surface area contributed by atoms with Crippen molar-refractivity contribution in [2.45, 2.75) is 48.8 Å². The van der Waals surface area contributed by atoms with E-state index in [9.17, 15) is 9.90 Å². The van der Waals surface area contributed by atoms with Gasteiger partial charge in [0.1, 0.15) is 16.4 Å². The molecule has 0 amide bonds. The third-order valence-electron chi connectivity index (χ3n) is 3.63. The van der Waals surface area contributed by atoms with Crippen LogP contribution in [0.5, 0.6) is 0 Å². The predicted octanol–water partition coefficient (Wildman–Crippen LogP) is 2.63. The molecule has 2 heterocycles. The van der Waals surface area contributed by atoms with E-state index in [2.05, 4.69) is 9.97 Å². The van der Waals surface area contributed by atoms with Crippen LogP contribution in [0.3, 0.4) is 0 Å². The molecule has 1 aromatic heterocycles. The van der Waals surface area contributed by atoms with Crippen LogP contribution in [-0.4, -0.2) is 39.5 Å². The van der Waals surface area contributed by atoms with Crippen molar-refractivity contribution in [1.82, 2.24) is 9.97 Å². The maximum absolute atomic E-state index is 11.5. The fraction of sp³-hybridized carbons (Fsp3) is 0.643. The Morgan fingerprint density at radius 1 is 1.35 bits per heavy atom. The van der Waals surface area contributed by atoms with Crippen molar-refractivity contribution in [2.75, 3.05) is 13.2 Å². The number of hydrogen-bond donors (Lipinski definition) is 1. The van der Waals surface area contributed by atoms with Crippen molar-refractivity contribution in [2.24, 2.45) is 0 Å². The highest BCUT2D eigenvalue weighted by molar-refractivity contribution is 8.00. The van der Waals surface area contributed by atoms with Crippen LogP contribution in [0.15, 0.2) is 5.03 Å². The number of aromatic carboxylic acids is 1. The number of carboxylic acid groups (broad SMARTS) is 1. The predicted molar refractivity (Wildman–Crippen MR) is 75.4 cm³/mol. The standard InChI is InChI=1S/C14H18N2O3S/c1-8-11(14(17)18)13(16-12(15-8)9-4-5-9)20-10-3-2-6-19-7-10/h9-10H,2-7H2,1H3,(H,17,18). The molecule has 0 aromatic carbocycles. The van der Waals surface area contributed by atoms with Gasteiger partial charge < -0.3 is 9.84 Å². The van der Waals surface area contributed by atoms with Gasteiger partial charge in [-0.3, -0.25) is 0 Å². The van der Waals surface area contributed by atoms with Crippen LogP contribution in [0.1, 0.15) is 53.5 Å². The average Bonchev–Trinajstić information content (AvgIpc) is 3.23. The number of carboxylic acids is 1. The van der Waals surface area contributed by atoms with Crippen LogP contribution in [0.4, 0.5) is 0 Å². The maximum atomic E-state index is 11.5. The van der Waals surface area contributed by atoms with Gasteiger partial charge in [0.25, 0.3) is 0 Å². The number of rotatable bonds is 4. The van der Waals surface area contributed by atoms with Crippen molar-refractivity contribution in [3.05, 3.63) is 17.1 Å². The molecule has 2 fully saturated rings. The number of carbonyl (C=O) groups is 1. The molecule has 5 nitrogen and oxygen atoms in total. The molecule has 1 unspecified atom stereocenters. The zero-order valence-corrected chi connectivity index (χ0v) is 12.3. The quantitative estimate of drug-likeness (QED) is 0.861. The van der Waals surface area contributed by atoms with E-state index in [1.165, 1.54) is 11.8 Å². The summed E-state index contributed by atoms with van der Waals surface area (Å²) >= 11 is 1.54. The summed E-state index contributed by atoms with van der Waals surface area (Å²) < 4.78 is 5.46. The summed E-state index contributed by atoms with van der Waals surface area (Å²) in [6.07, 6.45) is 4.30. The number of aryl methyl sites for hydroxylation is 1. The minimum atomic E-state index is -0.941. The summed E-state index contributed by atoms with van der Waals surface area (Å²) in [5.74, 6) is 0.300. The lowest BCUT2D eigenvalue weighted by atomic mass is 10.2. The van der Waals surface area contributed by atoms with Crippen molar-refractivity contribution in [1.29, 1.82) is 0 Å². The Bertz CT molecular complexity index is 525. The van der Waals surface area contributed by atoms with Crippen molar-refractivity contribution in [3.8, 4) is 0 Å². The van der Waals surface area contributed by atoms with Gasteiger partial charge in [0.2, 0.25) is 0 Å². The molecule has 0 spiro atoms. The van der Waals surface area contributed by atoms with Gasteiger partial charge in [0.15, 0.2) is 0 Å². The number of hydrogen-bond acceptors (Lipinski definition) is 5. The van der Waals surface area contributed by atoms with Gasteiger partial charge in [-0.25, -0.2) is 14.8 Å². The van der Waals surface area contributed by atoms with E-state index in [1.54, 1.807) is 6.92 Å². The number of aromatic nitrogens is 2. The van der Waals surface area contributed by atoms with Gasteiger partial charge in [-0.2, -0.15) is 0 Å². The number of ether oxygens (including phenoxy) is 1. The molecule has 20 heavy (non-hydrogen) atoms. The largest absolute Gasteiger partial charge is 0.478 e. The Labute approximate surface area is 122 Å². The molecule has 1 saturated heterocycles. The molecule has 1 aromatic rings. The minimum Gasteiger partial charge on any atom is -0.478 e. The Morgan fingerprint density at radius 3 is 2.75 bits per heavy atom. The lowest BCUT2D eigenvalue weighted by Gasteiger charge is -2.22. The Morgan fingerprint density at radius 2 is 2.15 bits per heavy atom. The smallest absolute Gasteiger partial charge is 0.340 e. The summed E-state index contributed by atoms with van der Waals surface area (Å²) in [5.41, 5.74) is 0.832. The van der Waals surface area contributed by atoms with E-state index < -0.39 is 5.97 Å². The van der Waals surface area contributed by atoms with E-state index in [0.29, 0.717) is 28.5 Å². The topological polar surface area (TPSA) is 72.3 Å².